The van der Waals surface area contributed by atoms with E-state index in [2.05, 4.69) is 10.3 Å². The van der Waals surface area contributed by atoms with Gasteiger partial charge in [-0.3, -0.25) is 20.2 Å². The van der Waals surface area contributed by atoms with Crippen LogP contribution in [0.5, 0.6) is 0 Å². The van der Waals surface area contributed by atoms with Crippen molar-refractivity contribution in [3.63, 3.8) is 0 Å². The molecule has 2 rings (SSSR count). The van der Waals surface area contributed by atoms with Crippen LogP contribution in [-0.4, -0.2) is 26.5 Å². The lowest BCUT2D eigenvalue weighted by molar-refractivity contribution is -0.385. The predicted molar refractivity (Wildman–Crippen MR) is 77.4 cm³/mol. The summed E-state index contributed by atoms with van der Waals surface area (Å²) in [7, 11) is 0. The zero-order valence-electron chi connectivity index (χ0n) is 11.2. The Morgan fingerprint density at radius 2 is 1.64 bits per heavy atom. The Bertz CT molecular complexity index is 672. The van der Waals surface area contributed by atoms with Gasteiger partial charge in [-0.25, -0.2) is 4.98 Å². The predicted octanol–water partition coefficient (Wildman–Crippen LogP) is 2.04. The van der Waals surface area contributed by atoms with Gasteiger partial charge in [0.25, 0.3) is 11.4 Å². The molecule has 9 nitrogen and oxygen atoms in total. The van der Waals surface area contributed by atoms with Gasteiger partial charge in [0.1, 0.15) is 12.0 Å². The van der Waals surface area contributed by atoms with Crippen LogP contribution in [0.15, 0.2) is 42.6 Å². The van der Waals surface area contributed by atoms with Crippen molar-refractivity contribution in [2.75, 3.05) is 11.9 Å². The minimum atomic E-state index is -0.891. The van der Waals surface area contributed by atoms with E-state index in [1.165, 1.54) is 36.4 Å². The van der Waals surface area contributed by atoms with E-state index < -0.39 is 16.0 Å². The van der Waals surface area contributed by atoms with Gasteiger partial charge in [0, 0.05) is 24.7 Å². The molecule has 0 saturated carbocycles. The SMILES string of the molecule is O=[N+]([O-])c1ccc(C(O)CNc2ccc([N+](=O)[O-])cn2)cc1. The Kier molecular flexibility index (Phi) is 4.59. The summed E-state index contributed by atoms with van der Waals surface area (Å²) in [6, 6.07) is 8.28. The van der Waals surface area contributed by atoms with Gasteiger partial charge in [-0.2, -0.15) is 0 Å². The van der Waals surface area contributed by atoms with Crippen LogP contribution in [0.3, 0.4) is 0 Å². The molecule has 0 radical (unpaired) electrons. The number of benzene rings is 1. The molecule has 2 N–H and O–H groups in total. The number of aliphatic hydroxyl groups excluding tert-OH is 1. The number of nitro groups is 2. The molecule has 1 aromatic heterocycles. The van der Waals surface area contributed by atoms with Gasteiger partial charge >= 0.3 is 0 Å². The van der Waals surface area contributed by atoms with Crippen LogP contribution in [0, 0.1) is 20.2 Å². The lowest BCUT2D eigenvalue weighted by Crippen LogP contribution is -2.13. The van der Waals surface area contributed by atoms with Crippen LogP contribution < -0.4 is 5.32 Å². The minimum Gasteiger partial charge on any atom is -0.387 e. The highest BCUT2D eigenvalue weighted by Crippen LogP contribution is 2.18. The summed E-state index contributed by atoms with van der Waals surface area (Å²) >= 11 is 0. The normalized spacial score (nSPS) is 11.7. The van der Waals surface area contributed by atoms with Crippen LogP contribution in [0.2, 0.25) is 0 Å². The second-order valence-electron chi connectivity index (χ2n) is 4.40. The summed E-state index contributed by atoms with van der Waals surface area (Å²) < 4.78 is 0. The first kappa shape index (κ1) is 15.3. The van der Waals surface area contributed by atoms with Gasteiger partial charge in [0.05, 0.1) is 16.0 Å². The lowest BCUT2D eigenvalue weighted by atomic mass is 10.1. The summed E-state index contributed by atoms with van der Waals surface area (Å²) in [4.78, 5) is 23.8. The zero-order chi connectivity index (χ0) is 16.1. The van der Waals surface area contributed by atoms with Crippen molar-refractivity contribution in [3.05, 3.63) is 68.4 Å². The molecule has 22 heavy (non-hydrogen) atoms. The molecule has 0 aliphatic heterocycles. The van der Waals surface area contributed by atoms with E-state index >= 15 is 0 Å². The van der Waals surface area contributed by atoms with E-state index in [4.69, 9.17) is 0 Å². The summed E-state index contributed by atoms with van der Waals surface area (Å²) in [5.41, 5.74) is 0.336. The molecule has 1 aromatic carbocycles. The number of aromatic nitrogens is 1. The van der Waals surface area contributed by atoms with E-state index in [1.807, 2.05) is 0 Å². The smallest absolute Gasteiger partial charge is 0.287 e. The van der Waals surface area contributed by atoms with Crippen molar-refractivity contribution in [3.8, 4) is 0 Å². The number of nitrogens with one attached hydrogen (secondary N) is 1. The first-order valence-corrected chi connectivity index (χ1v) is 6.24. The van der Waals surface area contributed by atoms with Crippen LogP contribution in [0.4, 0.5) is 17.2 Å². The lowest BCUT2D eigenvalue weighted by Gasteiger charge is -2.12. The highest BCUT2D eigenvalue weighted by molar-refractivity contribution is 5.41. The summed E-state index contributed by atoms with van der Waals surface area (Å²) in [5.74, 6) is 0.381. The average molecular weight is 304 g/mol. The van der Waals surface area contributed by atoms with Gasteiger partial charge in [0.15, 0.2) is 0 Å². The van der Waals surface area contributed by atoms with Crippen molar-refractivity contribution >= 4 is 17.2 Å². The van der Waals surface area contributed by atoms with Gasteiger partial charge < -0.3 is 10.4 Å². The van der Waals surface area contributed by atoms with Gasteiger partial charge in [-0.15, -0.1) is 0 Å². The number of nitro benzene ring substituents is 1. The Labute approximate surface area is 124 Å². The van der Waals surface area contributed by atoms with Crippen molar-refractivity contribution in [1.29, 1.82) is 0 Å². The Morgan fingerprint density at radius 3 is 2.14 bits per heavy atom. The molecule has 0 bridgehead atoms. The largest absolute Gasteiger partial charge is 0.387 e. The second-order valence-corrected chi connectivity index (χ2v) is 4.40. The van der Waals surface area contributed by atoms with E-state index in [0.717, 1.165) is 6.20 Å². The Hall–Kier alpha value is -3.07. The third-order valence-corrected chi connectivity index (χ3v) is 2.92. The quantitative estimate of drug-likeness (QED) is 0.616. The number of nitrogens with zero attached hydrogens (tertiary/aromatic N) is 3. The number of pyridine rings is 1. The second kappa shape index (κ2) is 6.59. The number of hydrogen-bond acceptors (Lipinski definition) is 7. The molecule has 0 fully saturated rings. The molecule has 114 valence electrons. The Balaban J connectivity index is 1.95. The summed E-state index contributed by atoms with van der Waals surface area (Å²) in [6.07, 6.45) is 0.221. The van der Waals surface area contributed by atoms with Gasteiger partial charge in [0.2, 0.25) is 0 Å². The van der Waals surface area contributed by atoms with Crippen molar-refractivity contribution in [2.45, 2.75) is 6.10 Å². The van der Waals surface area contributed by atoms with Crippen molar-refractivity contribution in [2.24, 2.45) is 0 Å². The summed E-state index contributed by atoms with van der Waals surface area (Å²) in [6.45, 7) is 0.114. The number of non-ortho nitro benzene ring substituents is 1. The van der Waals surface area contributed by atoms with E-state index in [-0.39, 0.29) is 17.9 Å². The van der Waals surface area contributed by atoms with Crippen LogP contribution in [0.25, 0.3) is 0 Å². The first-order valence-electron chi connectivity index (χ1n) is 6.24. The molecule has 0 spiro atoms. The molecule has 0 aliphatic carbocycles. The molecule has 1 unspecified atom stereocenters. The third kappa shape index (κ3) is 3.73. The fourth-order valence-electron chi connectivity index (χ4n) is 1.74. The fourth-order valence-corrected chi connectivity index (χ4v) is 1.74. The molecule has 9 heteroatoms. The maximum atomic E-state index is 10.5. The number of rotatable bonds is 6. The average Bonchev–Trinajstić information content (AvgIpc) is 2.53. The van der Waals surface area contributed by atoms with Crippen LogP contribution in [-0.2, 0) is 0 Å². The number of hydrogen-bond donors (Lipinski definition) is 2. The maximum Gasteiger partial charge on any atom is 0.287 e. The molecule has 1 atom stereocenters. The Morgan fingerprint density at radius 1 is 1.05 bits per heavy atom. The molecule has 0 aliphatic rings. The number of aliphatic hydroxyl groups is 1. The van der Waals surface area contributed by atoms with Gasteiger partial charge in [-0.05, 0) is 23.8 Å². The summed E-state index contributed by atoms with van der Waals surface area (Å²) in [5, 5.41) is 33.9. The van der Waals surface area contributed by atoms with E-state index in [9.17, 15) is 25.3 Å². The maximum absolute atomic E-state index is 10.5. The van der Waals surface area contributed by atoms with Crippen molar-refractivity contribution in [1.82, 2.24) is 4.98 Å². The third-order valence-electron chi connectivity index (χ3n) is 2.92. The molecule has 1 heterocycles. The van der Waals surface area contributed by atoms with Gasteiger partial charge in [-0.1, -0.05) is 0 Å². The molecule has 0 amide bonds. The monoisotopic (exact) mass is 304 g/mol. The standard InChI is InChI=1S/C13H12N4O5/c18-12(9-1-3-10(4-2-9)16(19)20)8-15-13-6-5-11(7-14-13)17(21)22/h1-7,12,18H,8H2,(H,14,15). The highest BCUT2D eigenvalue weighted by Gasteiger charge is 2.11. The van der Waals surface area contributed by atoms with Crippen LogP contribution >= 0.6 is 0 Å². The van der Waals surface area contributed by atoms with E-state index in [0.29, 0.717) is 11.4 Å². The molecular weight excluding hydrogens is 292 g/mol. The molecular formula is C13H12N4O5. The number of anilines is 1. The topological polar surface area (TPSA) is 131 Å². The van der Waals surface area contributed by atoms with Crippen molar-refractivity contribution < 1.29 is 15.0 Å². The van der Waals surface area contributed by atoms with E-state index in [1.54, 1.807) is 0 Å². The first-order chi connectivity index (χ1) is 10.5. The van der Waals surface area contributed by atoms with Crippen LogP contribution in [0.1, 0.15) is 11.7 Å². The highest BCUT2D eigenvalue weighted by atomic mass is 16.6. The molecule has 0 saturated heterocycles. The molecule has 2 aromatic rings. The minimum absolute atomic E-state index is 0.0547. The zero-order valence-corrected chi connectivity index (χ0v) is 11.2. The fraction of sp³-hybridized carbons (Fsp3) is 0.154.